The molecule has 0 aliphatic carbocycles. The van der Waals surface area contributed by atoms with Crippen molar-refractivity contribution in [1.29, 1.82) is 0 Å². The van der Waals surface area contributed by atoms with Gasteiger partial charge in [-0.1, -0.05) is 35.9 Å². The molecule has 0 unspecified atom stereocenters. The van der Waals surface area contributed by atoms with Crippen molar-refractivity contribution in [2.75, 3.05) is 0 Å². The molecular formula is C40H31N5O. The summed E-state index contributed by atoms with van der Waals surface area (Å²) in [5.41, 5.74) is 11.8. The molecule has 0 spiro atoms. The van der Waals surface area contributed by atoms with Crippen LogP contribution in [0.3, 0.4) is 0 Å². The first kappa shape index (κ1) is 26.6. The molecule has 0 aliphatic rings. The summed E-state index contributed by atoms with van der Waals surface area (Å²) < 4.78 is 11.0. The van der Waals surface area contributed by atoms with E-state index in [9.17, 15) is 0 Å². The lowest BCUT2D eigenvalue weighted by Gasteiger charge is -2.12. The second kappa shape index (κ2) is 9.62. The van der Waals surface area contributed by atoms with Crippen molar-refractivity contribution < 1.29 is 4.74 Å². The minimum atomic E-state index is 0.752. The Hall–Kier alpha value is -5.75. The monoisotopic (exact) mass is 597 g/mol. The first-order chi connectivity index (χ1) is 22.4. The second-order valence-corrected chi connectivity index (χ2v) is 12.4. The maximum Gasteiger partial charge on any atom is 0.146 e. The summed E-state index contributed by atoms with van der Waals surface area (Å²) in [6.07, 6.45) is 4.02. The number of para-hydroxylation sites is 1. The molecule has 0 amide bonds. The van der Waals surface area contributed by atoms with Crippen molar-refractivity contribution in [3.8, 4) is 22.8 Å². The van der Waals surface area contributed by atoms with Gasteiger partial charge in [0.15, 0.2) is 0 Å². The highest BCUT2D eigenvalue weighted by Gasteiger charge is 2.18. The number of ether oxygens (including phenoxy) is 1. The third-order valence-electron chi connectivity index (χ3n) is 9.43. The number of fused-ring (bicyclic) bond motifs is 12. The van der Waals surface area contributed by atoms with E-state index in [1.54, 1.807) is 0 Å². The largest absolute Gasteiger partial charge is 0.457 e. The van der Waals surface area contributed by atoms with Gasteiger partial charge in [-0.15, -0.1) is 0 Å². The van der Waals surface area contributed by atoms with Crippen LogP contribution in [-0.4, -0.2) is 23.8 Å². The number of nitrogens with zero attached hydrogens (tertiary/aromatic N) is 5. The van der Waals surface area contributed by atoms with Crippen LogP contribution in [0.5, 0.6) is 11.5 Å². The molecule has 0 atom stereocenters. The van der Waals surface area contributed by atoms with Crippen molar-refractivity contribution in [1.82, 2.24) is 23.8 Å². The molecule has 9 aromatic rings. The van der Waals surface area contributed by atoms with Gasteiger partial charge in [0.2, 0.25) is 0 Å². The lowest BCUT2D eigenvalue weighted by atomic mass is 9.98. The van der Waals surface area contributed by atoms with Crippen LogP contribution in [0.2, 0.25) is 0 Å². The number of aromatic nitrogens is 5. The molecule has 5 aromatic heterocycles. The fourth-order valence-corrected chi connectivity index (χ4v) is 7.36. The predicted octanol–water partition coefficient (Wildman–Crippen LogP) is 9.99. The molecule has 0 fully saturated rings. The molecule has 9 rings (SSSR count). The normalized spacial score (nSPS) is 12.0. The standard InChI is InChI=1S/C40H31N5O/c1-22-17-23(2)37(24(3)18-22)35-21-44-36-11-7-6-9-31(36)29-14-12-27(19-33(29)39(44)43-35)46-28-13-15-30-32-10-8-16-41-38(32)45-26(5)25(4)42-40(45)34(30)20-28/h6-21H,1-5H3. The zero-order valence-electron chi connectivity index (χ0n) is 26.4. The van der Waals surface area contributed by atoms with Crippen LogP contribution in [0.1, 0.15) is 28.1 Å². The van der Waals surface area contributed by atoms with Crippen molar-refractivity contribution in [2.24, 2.45) is 0 Å². The van der Waals surface area contributed by atoms with Gasteiger partial charge in [-0.25, -0.2) is 15.0 Å². The summed E-state index contributed by atoms with van der Waals surface area (Å²) in [5.74, 6) is 1.51. The molecular weight excluding hydrogens is 566 g/mol. The molecule has 6 heteroatoms. The number of rotatable bonds is 3. The van der Waals surface area contributed by atoms with Gasteiger partial charge in [0.1, 0.15) is 28.4 Å². The maximum absolute atomic E-state index is 6.61. The molecule has 0 bridgehead atoms. The molecule has 0 saturated heterocycles. The fourth-order valence-electron chi connectivity index (χ4n) is 7.36. The van der Waals surface area contributed by atoms with Crippen LogP contribution in [0, 0.1) is 34.6 Å². The Kier molecular flexibility index (Phi) is 5.57. The van der Waals surface area contributed by atoms with Crippen LogP contribution >= 0.6 is 0 Å². The van der Waals surface area contributed by atoms with Gasteiger partial charge in [0.25, 0.3) is 0 Å². The Balaban J connectivity index is 1.23. The number of imidazole rings is 2. The quantitative estimate of drug-likeness (QED) is 0.190. The highest BCUT2D eigenvalue weighted by atomic mass is 16.5. The summed E-state index contributed by atoms with van der Waals surface area (Å²) in [4.78, 5) is 14.9. The maximum atomic E-state index is 6.61. The lowest BCUT2D eigenvalue weighted by molar-refractivity contribution is 0.484. The van der Waals surface area contributed by atoms with Crippen LogP contribution in [0.4, 0.5) is 0 Å². The SMILES string of the molecule is Cc1cc(C)c(-c2cn3c4ccccc4c4ccc(Oc5ccc6c7cccnc7n7c(C)c(C)nc7c6c5)cc4c3n2)c(C)c1. The third kappa shape index (κ3) is 3.80. The first-order valence-corrected chi connectivity index (χ1v) is 15.6. The Morgan fingerprint density at radius 3 is 2.02 bits per heavy atom. The molecule has 0 radical (unpaired) electrons. The summed E-state index contributed by atoms with van der Waals surface area (Å²) >= 11 is 0. The summed E-state index contributed by atoms with van der Waals surface area (Å²) in [6.45, 7) is 10.6. The smallest absolute Gasteiger partial charge is 0.146 e. The minimum Gasteiger partial charge on any atom is -0.457 e. The number of hydrogen-bond donors (Lipinski definition) is 0. The van der Waals surface area contributed by atoms with Gasteiger partial charge >= 0.3 is 0 Å². The number of pyridine rings is 3. The van der Waals surface area contributed by atoms with Crippen molar-refractivity contribution in [3.05, 3.63) is 125 Å². The zero-order chi connectivity index (χ0) is 31.3. The van der Waals surface area contributed by atoms with E-state index in [1.807, 2.05) is 25.3 Å². The highest BCUT2D eigenvalue weighted by molar-refractivity contribution is 6.13. The van der Waals surface area contributed by atoms with E-state index in [4.69, 9.17) is 19.7 Å². The summed E-state index contributed by atoms with van der Waals surface area (Å²) in [6, 6.07) is 29.7. The summed E-state index contributed by atoms with van der Waals surface area (Å²) in [5, 5.41) is 6.59. The minimum absolute atomic E-state index is 0.752. The van der Waals surface area contributed by atoms with E-state index in [1.165, 1.54) is 27.6 Å². The molecule has 0 saturated carbocycles. The van der Waals surface area contributed by atoms with Crippen LogP contribution in [0.15, 0.2) is 97.3 Å². The Labute approximate surface area is 265 Å². The molecule has 4 aromatic carbocycles. The van der Waals surface area contributed by atoms with Gasteiger partial charge in [0.05, 0.1) is 16.9 Å². The third-order valence-corrected chi connectivity index (χ3v) is 9.43. The van der Waals surface area contributed by atoms with Crippen LogP contribution in [-0.2, 0) is 0 Å². The molecule has 0 N–H and O–H groups in total. The van der Waals surface area contributed by atoms with Gasteiger partial charge < -0.3 is 4.74 Å². The molecule has 46 heavy (non-hydrogen) atoms. The van der Waals surface area contributed by atoms with E-state index in [-0.39, 0.29) is 0 Å². The number of hydrogen-bond acceptors (Lipinski definition) is 4. The molecule has 0 aliphatic heterocycles. The van der Waals surface area contributed by atoms with E-state index >= 15 is 0 Å². The van der Waals surface area contributed by atoms with Crippen molar-refractivity contribution >= 4 is 54.8 Å². The van der Waals surface area contributed by atoms with Crippen LogP contribution < -0.4 is 4.74 Å². The first-order valence-electron chi connectivity index (χ1n) is 15.6. The molecule has 6 nitrogen and oxygen atoms in total. The van der Waals surface area contributed by atoms with Gasteiger partial charge in [0, 0.05) is 45.2 Å². The number of aryl methyl sites for hydroxylation is 5. The van der Waals surface area contributed by atoms with E-state index in [0.717, 1.165) is 78.0 Å². The zero-order valence-corrected chi connectivity index (χ0v) is 26.4. The fraction of sp³-hybridized carbons (Fsp3) is 0.125. The van der Waals surface area contributed by atoms with Gasteiger partial charge in [-0.05, 0) is 111 Å². The average Bonchev–Trinajstić information content (AvgIpc) is 3.62. The van der Waals surface area contributed by atoms with E-state index < -0.39 is 0 Å². The molecule has 222 valence electrons. The van der Waals surface area contributed by atoms with Gasteiger partial charge in [-0.2, -0.15) is 0 Å². The van der Waals surface area contributed by atoms with Crippen molar-refractivity contribution in [3.63, 3.8) is 0 Å². The van der Waals surface area contributed by atoms with Crippen LogP contribution in [0.25, 0.3) is 66.0 Å². The van der Waals surface area contributed by atoms with E-state index in [0.29, 0.717) is 0 Å². The Bertz CT molecular complexity index is 2710. The average molecular weight is 598 g/mol. The second-order valence-electron chi connectivity index (χ2n) is 12.4. The topological polar surface area (TPSA) is 56.7 Å². The highest BCUT2D eigenvalue weighted by Crippen LogP contribution is 2.38. The summed E-state index contributed by atoms with van der Waals surface area (Å²) in [7, 11) is 0. The predicted molar refractivity (Wildman–Crippen MR) is 187 cm³/mol. The van der Waals surface area contributed by atoms with E-state index in [2.05, 4.69) is 115 Å². The Morgan fingerprint density at radius 2 is 1.26 bits per heavy atom. The van der Waals surface area contributed by atoms with Crippen molar-refractivity contribution in [2.45, 2.75) is 34.6 Å². The Morgan fingerprint density at radius 1 is 0.587 bits per heavy atom. The van der Waals surface area contributed by atoms with Gasteiger partial charge in [-0.3, -0.25) is 8.80 Å². The lowest BCUT2D eigenvalue weighted by Crippen LogP contribution is -1.96. The molecule has 5 heterocycles. The number of benzene rings is 4.